The van der Waals surface area contributed by atoms with Gasteiger partial charge in [0.25, 0.3) is 6.43 Å². The lowest BCUT2D eigenvalue weighted by molar-refractivity contribution is -0.146. The van der Waals surface area contributed by atoms with Gasteiger partial charge in [-0.1, -0.05) is 30.3 Å². The zero-order chi connectivity index (χ0) is 11.5. The standard InChI is InChI=1S/C11H10F2O3/c12-10(13)8-9(16-8)11(14)15-6-7-4-2-1-3-5-7/h1-5,8-10H,6H2. The number of carbonyl (C=O) groups excluding carboxylic acids is 1. The molecule has 5 heteroatoms. The van der Waals surface area contributed by atoms with Gasteiger partial charge in [-0.05, 0) is 5.56 Å². The average molecular weight is 228 g/mol. The first kappa shape index (κ1) is 11.0. The van der Waals surface area contributed by atoms with Crippen LogP contribution in [0.25, 0.3) is 0 Å². The molecule has 0 saturated carbocycles. The summed E-state index contributed by atoms with van der Waals surface area (Å²) in [5.41, 5.74) is 0.810. The number of rotatable bonds is 4. The number of ether oxygens (including phenoxy) is 2. The van der Waals surface area contributed by atoms with Gasteiger partial charge in [0.2, 0.25) is 0 Å². The number of epoxide rings is 1. The van der Waals surface area contributed by atoms with E-state index in [0.29, 0.717) is 0 Å². The summed E-state index contributed by atoms with van der Waals surface area (Å²) in [6, 6.07) is 9.01. The second-order valence-corrected chi connectivity index (χ2v) is 3.45. The van der Waals surface area contributed by atoms with Crippen LogP contribution in [-0.4, -0.2) is 24.6 Å². The highest BCUT2D eigenvalue weighted by molar-refractivity contribution is 5.78. The molecular formula is C11H10F2O3. The van der Waals surface area contributed by atoms with Crippen molar-refractivity contribution in [2.75, 3.05) is 0 Å². The van der Waals surface area contributed by atoms with Gasteiger partial charge in [-0.3, -0.25) is 0 Å². The van der Waals surface area contributed by atoms with Crippen LogP contribution in [0.2, 0.25) is 0 Å². The van der Waals surface area contributed by atoms with Gasteiger partial charge in [-0.15, -0.1) is 0 Å². The van der Waals surface area contributed by atoms with Crippen LogP contribution in [0.1, 0.15) is 5.56 Å². The molecule has 1 aliphatic heterocycles. The minimum absolute atomic E-state index is 0.0789. The Labute approximate surface area is 91.0 Å². The molecule has 0 radical (unpaired) electrons. The van der Waals surface area contributed by atoms with E-state index in [2.05, 4.69) is 4.74 Å². The third-order valence-corrected chi connectivity index (χ3v) is 2.23. The van der Waals surface area contributed by atoms with Crippen molar-refractivity contribution in [2.45, 2.75) is 25.2 Å². The predicted molar refractivity (Wildman–Crippen MR) is 50.9 cm³/mol. The molecule has 0 spiro atoms. The number of halogens is 2. The van der Waals surface area contributed by atoms with E-state index in [1.807, 2.05) is 6.07 Å². The second kappa shape index (κ2) is 4.57. The van der Waals surface area contributed by atoms with Crippen LogP contribution in [0.15, 0.2) is 30.3 Å². The quantitative estimate of drug-likeness (QED) is 0.582. The molecule has 1 fully saturated rings. The van der Waals surface area contributed by atoms with Gasteiger partial charge in [0, 0.05) is 0 Å². The van der Waals surface area contributed by atoms with E-state index in [1.165, 1.54) is 0 Å². The largest absolute Gasteiger partial charge is 0.459 e. The van der Waals surface area contributed by atoms with Crippen LogP contribution >= 0.6 is 0 Å². The van der Waals surface area contributed by atoms with Crippen LogP contribution in [0.3, 0.4) is 0 Å². The number of alkyl halides is 2. The molecule has 0 aliphatic carbocycles. The molecular weight excluding hydrogens is 218 g/mol. The summed E-state index contributed by atoms with van der Waals surface area (Å²) in [6.07, 6.45) is -5.01. The molecule has 1 aromatic carbocycles. The lowest BCUT2D eigenvalue weighted by atomic mass is 10.2. The van der Waals surface area contributed by atoms with Gasteiger partial charge in [0.15, 0.2) is 12.2 Å². The van der Waals surface area contributed by atoms with Crippen molar-refractivity contribution in [3.8, 4) is 0 Å². The van der Waals surface area contributed by atoms with E-state index >= 15 is 0 Å². The fourth-order valence-electron chi connectivity index (χ4n) is 1.32. The molecule has 16 heavy (non-hydrogen) atoms. The van der Waals surface area contributed by atoms with Crippen LogP contribution in [0.4, 0.5) is 8.78 Å². The summed E-state index contributed by atoms with van der Waals surface area (Å²) in [5.74, 6) is -0.728. The van der Waals surface area contributed by atoms with Crippen molar-refractivity contribution in [3.05, 3.63) is 35.9 Å². The van der Waals surface area contributed by atoms with Crippen LogP contribution in [0.5, 0.6) is 0 Å². The number of esters is 1. The number of hydrogen-bond donors (Lipinski definition) is 0. The maximum Gasteiger partial charge on any atom is 0.338 e. The minimum Gasteiger partial charge on any atom is -0.459 e. The summed E-state index contributed by atoms with van der Waals surface area (Å²) in [5, 5.41) is 0. The topological polar surface area (TPSA) is 38.8 Å². The monoisotopic (exact) mass is 228 g/mol. The fraction of sp³-hybridized carbons (Fsp3) is 0.364. The Hall–Kier alpha value is -1.49. The Morgan fingerprint density at radius 2 is 2.06 bits per heavy atom. The molecule has 1 saturated heterocycles. The summed E-state index contributed by atoms with van der Waals surface area (Å²) in [4.78, 5) is 11.2. The van der Waals surface area contributed by atoms with Crippen LogP contribution < -0.4 is 0 Å². The number of benzene rings is 1. The molecule has 1 aromatic rings. The molecule has 0 amide bonds. The predicted octanol–water partition coefficient (Wildman–Crippen LogP) is 1.76. The molecule has 1 heterocycles. The van der Waals surface area contributed by atoms with Crippen molar-refractivity contribution in [3.63, 3.8) is 0 Å². The fourth-order valence-corrected chi connectivity index (χ4v) is 1.32. The molecule has 2 unspecified atom stereocenters. The zero-order valence-electron chi connectivity index (χ0n) is 8.31. The summed E-state index contributed by atoms with van der Waals surface area (Å²) < 4.78 is 33.5. The van der Waals surface area contributed by atoms with Crippen molar-refractivity contribution < 1.29 is 23.0 Å². The molecule has 1 aliphatic rings. The highest BCUT2D eigenvalue weighted by Crippen LogP contribution is 2.29. The van der Waals surface area contributed by atoms with E-state index in [-0.39, 0.29) is 6.61 Å². The summed E-state index contributed by atoms with van der Waals surface area (Å²) in [6.45, 7) is 0.0789. The van der Waals surface area contributed by atoms with Gasteiger partial charge in [-0.2, -0.15) is 0 Å². The first-order valence-corrected chi connectivity index (χ1v) is 4.82. The maximum absolute atomic E-state index is 12.1. The van der Waals surface area contributed by atoms with Crippen molar-refractivity contribution in [1.29, 1.82) is 0 Å². The third kappa shape index (κ3) is 2.55. The van der Waals surface area contributed by atoms with Gasteiger partial charge < -0.3 is 9.47 Å². The smallest absolute Gasteiger partial charge is 0.338 e. The second-order valence-electron chi connectivity index (χ2n) is 3.45. The number of carbonyl (C=O) groups is 1. The molecule has 0 N–H and O–H groups in total. The van der Waals surface area contributed by atoms with Gasteiger partial charge in [0.1, 0.15) is 6.61 Å². The van der Waals surface area contributed by atoms with Crippen molar-refractivity contribution in [2.24, 2.45) is 0 Å². The van der Waals surface area contributed by atoms with E-state index in [0.717, 1.165) is 5.56 Å². The molecule has 2 rings (SSSR count). The highest BCUT2D eigenvalue weighted by atomic mass is 19.3. The van der Waals surface area contributed by atoms with E-state index in [9.17, 15) is 13.6 Å². The van der Waals surface area contributed by atoms with Gasteiger partial charge >= 0.3 is 5.97 Å². The molecule has 0 bridgehead atoms. The summed E-state index contributed by atoms with van der Waals surface area (Å²) in [7, 11) is 0. The van der Waals surface area contributed by atoms with Crippen molar-refractivity contribution >= 4 is 5.97 Å². The Morgan fingerprint density at radius 3 is 2.62 bits per heavy atom. The first-order valence-electron chi connectivity index (χ1n) is 4.82. The first-order chi connectivity index (χ1) is 7.68. The SMILES string of the molecule is O=C(OCc1ccccc1)C1OC1C(F)F. The Balaban J connectivity index is 1.78. The average Bonchev–Trinajstić information content (AvgIpc) is 3.07. The minimum atomic E-state index is -2.63. The van der Waals surface area contributed by atoms with Crippen LogP contribution in [0, 0.1) is 0 Å². The van der Waals surface area contributed by atoms with E-state index in [4.69, 9.17) is 4.74 Å². The van der Waals surface area contributed by atoms with Gasteiger partial charge in [0.05, 0.1) is 0 Å². The normalized spacial score (nSPS) is 23.2. The van der Waals surface area contributed by atoms with Crippen molar-refractivity contribution in [1.82, 2.24) is 0 Å². The third-order valence-electron chi connectivity index (χ3n) is 2.23. The number of hydrogen-bond acceptors (Lipinski definition) is 3. The molecule has 2 atom stereocenters. The molecule has 3 nitrogen and oxygen atoms in total. The van der Waals surface area contributed by atoms with Gasteiger partial charge in [-0.25, -0.2) is 13.6 Å². The molecule has 0 aromatic heterocycles. The zero-order valence-corrected chi connectivity index (χ0v) is 8.31. The Morgan fingerprint density at radius 1 is 1.38 bits per heavy atom. The maximum atomic E-state index is 12.1. The Kier molecular flexibility index (Phi) is 3.14. The lowest BCUT2D eigenvalue weighted by Gasteiger charge is -2.02. The van der Waals surface area contributed by atoms with E-state index in [1.54, 1.807) is 24.3 Å². The Bertz CT molecular complexity index is 367. The highest BCUT2D eigenvalue weighted by Gasteiger charge is 2.52. The van der Waals surface area contributed by atoms with Crippen LogP contribution in [-0.2, 0) is 20.9 Å². The summed E-state index contributed by atoms with van der Waals surface area (Å²) >= 11 is 0. The van der Waals surface area contributed by atoms with E-state index < -0.39 is 24.6 Å². The molecule has 86 valence electrons. The lowest BCUT2D eigenvalue weighted by Crippen LogP contribution is -2.17.